The van der Waals surface area contributed by atoms with Gasteiger partial charge in [-0.1, -0.05) is 17.7 Å². The fourth-order valence-electron chi connectivity index (χ4n) is 1.84. The molecule has 1 atom stereocenters. The monoisotopic (exact) mass is 268 g/mol. The summed E-state index contributed by atoms with van der Waals surface area (Å²) in [6.07, 6.45) is 3.77. The standard InChI is InChI=1S/C13H17ClN2O2/c14-11-4-1-5-12(7-11)18-9-13(16-15)10-3-2-6-17-8-10/h1,4-5,7-8,13,16H,2-3,6,9,15H2. The zero-order valence-corrected chi connectivity index (χ0v) is 10.8. The number of hydrogen-bond acceptors (Lipinski definition) is 4. The molecule has 3 N–H and O–H groups in total. The van der Waals surface area contributed by atoms with E-state index >= 15 is 0 Å². The molecule has 2 rings (SSSR count). The Bertz CT molecular complexity index is 423. The molecule has 0 amide bonds. The Morgan fingerprint density at radius 3 is 3.06 bits per heavy atom. The van der Waals surface area contributed by atoms with Crippen molar-refractivity contribution in [3.8, 4) is 5.75 Å². The van der Waals surface area contributed by atoms with Gasteiger partial charge in [0.2, 0.25) is 0 Å². The first-order valence-electron chi connectivity index (χ1n) is 5.94. The average molecular weight is 269 g/mol. The summed E-state index contributed by atoms with van der Waals surface area (Å²) in [5, 5.41) is 0.657. The molecule has 1 heterocycles. The molecule has 4 nitrogen and oxygen atoms in total. The first kappa shape index (κ1) is 13.2. The third kappa shape index (κ3) is 3.63. The zero-order chi connectivity index (χ0) is 12.8. The number of hydrogen-bond donors (Lipinski definition) is 2. The highest BCUT2D eigenvalue weighted by atomic mass is 35.5. The molecule has 0 aromatic heterocycles. The van der Waals surface area contributed by atoms with Crippen LogP contribution in [0.3, 0.4) is 0 Å². The highest BCUT2D eigenvalue weighted by molar-refractivity contribution is 6.30. The largest absolute Gasteiger partial charge is 0.501 e. The van der Waals surface area contributed by atoms with Gasteiger partial charge >= 0.3 is 0 Å². The lowest BCUT2D eigenvalue weighted by Gasteiger charge is -2.22. The lowest BCUT2D eigenvalue weighted by molar-refractivity contribution is 0.209. The highest BCUT2D eigenvalue weighted by Gasteiger charge is 2.16. The van der Waals surface area contributed by atoms with Crippen LogP contribution in [0.25, 0.3) is 0 Å². The zero-order valence-electron chi connectivity index (χ0n) is 10.1. The van der Waals surface area contributed by atoms with Gasteiger partial charge in [0, 0.05) is 5.02 Å². The minimum absolute atomic E-state index is 0.0377. The van der Waals surface area contributed by atoms with Gasteiger partial charge < -0.3 is 9.47 Å². The van der Waals surface area contributed by atoms with Crippen LogP contribution in [0.1, 0.15) is 12.8 Å². The van der Waals surface area contributed by atoms with E-state index in [1.807, 2.05) is 18.2 Å². The SMILES string of the molecule is NNC(COc1cccc(Cl)c1)C1=COCCC1. The number of halogens is 1. The molecule has 0 spiro atoms. The maximum atomic E-state index is 5.89. The van der Waals surface area contributed by atoms with Crippen molar-refractivity contribution in [2.24, 2.45) is 5.84 Å². The van der Waals surface area contributed by atoms with Gasteiger partial charge in [-0.25, -0.2) is 5.43 Å². The second kappa shape index (κ2) is 6.64. The number of nitrogens with one attached hydrogen (secondary N) is 1. The predicted octanol–water partition coefficient (Wildman–Crippen LogP) is 2.24. The van der Waals surface area contributed by atoms with Gasteiger partial charge in [-0.2, -0.15) is 0 Å². The smallest absolute Gasteiger partial charge is 0.120 e. The Kier molecular flexibility index (Phi) is 4.87. The topological polar surface area (TPSA) is 56.5 Å². The quantitative estimate of drug-likeness (QED) is 0.635. The maximum absolute atomic E-state index is 5.89. The minimum atomic E-state index is -0.0377. The van der Waals surface area contributed by atoms with E-state index in [-0.39, 0.29) is 6.04 Å². The van der Waals surface area contributed by atoms with E-state index in [0.717, 1.165) is 30.8 Å². The van der Waals surface area contributed by atoms with Crippen molar-refractivity contribution < 1.29 is 9.47 Å². The number of ether oxygens (including phenoxy) is 2. The van der Waals surface area contributed by atoms with Crippen LogP contribution in [0.5, 0.6) is 5.75 Å². The number of benzene rings is 1. The summed E-state index contributed by atoms with van der Waals surface area (Å²) in [6.45, 7) is 1.22. The molecule has 0 saturated carbocycles. The van der Waals surface area contributed by atoms with E-state index in [9.17, 15) is 0 Å². The molecule has 5 heteroatoms. The van der Waals surface area contributed by atoms with Crippen LogP contribution in [0, 0.1) is 0 Å². The molecule has 0 radical (unpaired) electrons. The van der Waals surface area contributed by atoms with Gasteiger partial charge in [-0.3, -0.25) is 5.84 Å². The van der Waals surface area contributed by atoms with Gasteiger partial charge in [-0.05, 0) is 36.6 Å². The lowest BCUT2D eigenvalue weighted by Crippen LogP contribution is -2.41. The number of hydrazine groups is 1. The predicted molar refractivity (Wildman–Crippen MR) is 71.3 cm³/mol. The van der Waals surface area contributed by atoms with E-state index in [4.69, 9.17) is 26.9 Å². The Balaban J connectivity index is 1.92. The number of nitrogens with two attached hydrogens (primary N) is 1. The van der Waals surface area contributed by atoms with E-state index < -0.39 is 0 Å². The summed E-state index contributed by atoms with van der Waals surface area (Å²) in [5.41, 5.74) is 3.88. The summed E-state index contributed by atoms with van der Waals surface area (Å²) in [6, 6.07) is 7.27. The molecule has 18 heavy (non-hydrogen) atoms. The fraction of sp³-hybridized carbons (Fsp3) is 0.385. The van der Waals surface area contributed by atoms with E-state index in [2.05, 4.69) is 5.43 Å². The Morgan fingerprint density at radius 1 is 1.50 bits per heavy atom. The van der Waals surface area contributed by atoms with Crippen molar-refractivity contribution in [3.63, 3.8) is 0 Å². The second-order valence-electron chi connectivity index (χ2n) is 4.15. The molecule has 0 bridgehead atoms. The van der Waals surface area contributed by atoms with E-state index in [1.165, 1.54) is 0 Å². The van der Waals surface area contributed by atoms with Gasteiger partial charge in [0.05, 0.1) is 18.9 Å². The molecule has 1 aliphatic rings. The van der Waals surface area contributed by atoms with Gasteiger partial charge in [0.1, 0.15) is 12.4 Å². The molecule has 1 aromatic carbocycles. The van der Waals surface area contributed by atoms with Gasteiger partial charge in [0.25, 0.3) is 0 Å². The van der Waals surface area contributed by atoms with Crippen LogP contribution < -0.4 is 16.0 Å². The van der Waals surface area contributed by atoms with Crippen molar-refractivity contribution >= 4 is 11.6 Å². The fourth-order valence-corrected chi connectivity index (χ4v) is 2.02. The third-order valence-corrected chi connectivity index (χ3v) is 3.06. The summed E-state index contributed by atoms with van der Waals surface area (Å²) >= 11 is 5.89. The average Bonchev–Trinajstić information content (AvgIpc) is 2.41. The highest BCUT2D eigenvalue weighted by Crippen LogP contribution is 2.19. The summed E-state index contributed by atoms with van der Waals surface area (Å²) in [4.78, 5) is 0. The molecule has 0 fully saturated rings. The molecule has 1 aliphatic heterocycles. The maximum Gasteiger partial charge on any atom is 0.120 e. The van der Waals surface area contributed by atoms with Crippen LogP contribution in [-0.4, -0.2) is 19.3 Å². The molecule has 98 valence electrons. The molecular formula is C13H17ClN2O2. The van der Waals surface area contributed by atoms with Gasteiger partial charge in [0.15, 0.2) is 0 Å². The van der Waals surface area contributed by atoms with Crippen LogP contribution in [0.4, 0.5) is 0 Å². The minimum Gasteiger partial charge on any atom is -0.501 e. The summed E-state index contributed by atoms with van der Waals surface area (Å²) in [7, 11) is 0. The van der Waals surface area contributed by atoms with Crippen LogP contribution in [0.2, 0.25) is 5.02 Å². The number of rotatable bonds is 5. The van der Waals surface area contributed by atoms with Gasteiger partial charge in [-0.15, -0.1) is 0 Å². The molecular weight excluding hydrogens is 252 g/mol. The van der Waals surface area contributed by atoms with Crippen LogP contribution >= 0.6 is 11.6 Å². The van der Waals surface area contributed by atoms with E-state index in [0.29, 0.717) is 11.6 Å². The molecule has 1 aromatic rings. The first-order chi connectivity index (χ1) is 8.79. The summed E-state index contributed by atoms with van der Waals surface area (Å²) < 4.78 is 11.0. The summed E-state index contributed by atoms with van der Waals surface area (Å²) in [5.74, 6) is 6.28. The lowest BCUT2D eigenvalue weighted by atomic mass is 10.0. The second-order valence-corrected chi connectivity index (χ2v) is 4.59. The van der Waals surface area contributed by atoms with Crippen molar-refractivity contribution in [2.45, 2.75) is 18.9 Å². The van der Waals surface area contributed by atoms with Crippen molar-refractivity contribution in [1.29, 1.82) is 0 Å². The molecule has 0 aliphatic carbocycles. The first-order valence-corrected chi connectivity index (χ1v) is 6.32. The molecule has 0 saturated heterocycles. The van der Waals surface area contributed by atoms with Crippen LogP contribution in [-0.2, 0) is 4.74 Å². The van der Waals surface area contributed by atoms with Crippen molar-refractivity contribution in [2.75, 3.05) is 13.2 Å². The van der Waals surface area contributed by atoms with E-state index in [1.54, 1.807) is 12.3 Å². The van der Waals surface area contributed by atoms with Crippen molar-refractivity contribution in [3.05, 3.63) is 41.1 Å². The Labute approximate surface area is 112 Å². The molecule has 1 unspecified atom stereocenters. The van der Waals surface area contributed by atoms with Crippen LogP contribution in [0.15, 0.2) is 36.1 Å². The normalized spacial score (nSPS) is 16.7. The third-order valence-electron chi connectivity index (χ3n) is 2.82. The Hall–Kier alpha value is -1.23. The Morgan fingerprint density at radius 2 is 2.39 bits per heavy atom. The van der Waals surface area contributed by atoms with Crippen molar-refractivity contribution in [1.82, 2.24) is 5.43 Å².